The van der Waals surface area contributed by atoms with Crippen molar-refractivity contribution in [3.8, 4) is 11.5 Å². The van der Waals surface area contributed by atoms with Gasteiger partial charge in [-0.3, -0.25) is 0 Å². The Labute approximate surface area is 231 Å². The summed E-state index contributed by atoms with van der Waals surface area (Å²) in [6, 6.07) is 14.3. The molecule has 2 aromatic carbocycles. The van der Waals surface area contributed by atoms with Crippen LogP contribution in [0.4, 0.5) is 0 Å². The third-order valence-electron chi connectivity index (χ3n) is 8.04. The summed E-state index contributed by atoms with van der Waals surface area (Å²) in [6.07, 6.45) is 10.0. The first-order chi connectivity index (χ1) is 18.9. The molecule has 7 heteroatoms. The van der Waals surface area contributed by atoms with Crippen molar-refractivity contribution >= 4 is 11.9 Å². The molecule has 1 spiro atoms. The third-order valence-corrected chi connectivity index (χ3v) is 8.04. The van der Waals surface area contributed by atoms with Crippen LogP contribution in [0.3, 0.4) is 0 Å². The molecule has 1 saturated heterocycles. The molecule has 39 heavy (non-hydrogen) atoms. The number of ether oxygens (including phenoxy) is 5. The summed E-state index contributed by atoms with van der Waals surface area (Å²) in [7, 11) is 0. The van der Waals surface area contributed by atoms with Gasteiger partial charge in [-0.25, -0.2) is 9.59 Å². The van der Waals surface area contributed by atoms with Crippen molar-refractivity contribution in [3.05, 3.63) is 72.3 Å². The number of unbranched alkanes of at least 4 members (excludes halogenated alkanes) is 3. The van der Waals surface area contributed by atoms with Gasteiger partial charge in [0, 0.05) is 12.7 Å². The van der Waals surface area contributed by atoms with E-state index in [-0.39, 0.29) is 18.0 Å². The van der Waals surface area contributed by atoms with Crippen LogP contribution in [0.1, 0.15) is 87.1 Å². The van der Waals surface area contributed by atoms with E-state index in [1.807, 2.05) is 12.1 Å². The number of benzene rings is 2. The Morgan fingerprint density at radius 2 is 1.69 bits per heavy atom. The number of carbonyl (C=O) groups excluding carboxylic acids is 2. The molecule has 2 aliphatic rings. The van der Waals surface area contributed by atoms with Crippen LogP contribution < -0.4 is 9.47 Å². The van der Waals surface area contributed by atoms with Crippen molar-refractivity contribution < 1.29 is 33.3 Å². The molecule has 2 fully saturated rings. The lowest BCUT2D eigenvalue weighted by atomic mass is 9.66. The molecule has 2 aromatic rings. The molecule has 0 aromatic heterocycles. The van der Waals surface area contributed by atoms with Crippen LogP contribution >= 0.6 is 0 Å². The van der Waals surface area contributed by atoms with Gasteiger partial charge in [-0.05, 0) is 86.9 Å². The molecule has 1 unspecified atom stereocenters. The maximum atomic E-state index is 12.6. The highest BCUT2D eigenvalue weighted by atomic mass is 16.7. The van der Waals surface area contributed by atoms with E-state index in [0.29, 0.717) is 29.6 Å². The fourth-order valence-electron chi connectivity index (χ4n) is 5.45. The monoisotopic (exact) mass is 536 g/mol. The van der Waals surface area contributed by atoms with E-state index < -0.39 is 11.9 Å². The van der Waals surface area contributed by atoms with Crippen molar-refractivity contribution in [1.29, 1.82) is 0 Å². The molecular formula is C32H40O7. The van der Waals surface area contributed by atoms with E-state index >= 15 is 0 Å². The van der Waals surface area contributed by atoms with Crippen LogP contribution in [0.25, 0.3) is 0 Å². The SMILES string of the molecule is C=CC(=O)OCOc1ccc(C(=O)Oc2ccc(C3CCC4(CC3)OCC4(C)OCCCCCC)cc2)cc1. The first-order valence-corrected chi connectivity index (χ1v) is 14.0. The van der Waals surface area contributed by atoms with E-state index in [4.69, 9.17) is 23.7 Å². The van der Waals surface area contributed by atoms with E-state index in [0.717, 1.165) is 44.8 Å². The lowest BCUT2D eigenvalue weighted by Crippen LogP contribution is -2.69. The molecule has 7 nitrogen and oxygen atoms in total. The van der Waals surface area contributed by atoms with Crippen molar-refractivity contribution in [3.63, 3.8) is 0 Å². The minimum atomic E-state index is -0.568. The molecule has 0 amide bonds. The van der Waals surface area contributed by atoms with E-state index in [2.05, 4.69) is 32.6 Å². The highest BCUT2D eigenvalue weighted by Gasteiger charge is 2.59. The normalized spacial score (nSPS) is 24.0. The predicted octanol–water partition coefficient (Wildman–Crippen LogP) is 6.75. The smallest absolute Gasteiger partial charge is 0.343 e. The number of hydrogen-bond acceptors (Lipinski definition) is 7. The zero-order valence-electron chi connectivity index (χ0n) is 23.1. The van der Waals surface area contributed by atoms with Gasteiger partial charge in [-0.1, -0.05) is 44.9 Å². The number of esters is 2. The second-order valence-corrected chi connectivity index (χ2v) is 10.6. The van der Waals surface area contributed by atoms with Gasteiger partial charge in [0.25, 0.3) is 0 Å². The van der Waals surface area contributed by atoms with Crippen molar-refractivity contribution in [2.24, 2.45) is 0 Å². The summed E-state index contributed by atoms with van der Waals surface area (Å²) in [6.45, 7) is 9.04. The molecule has 1 aliphatic heterocycles. The number of carbonyl (C=O) groups is 2. The topological polar surface area (TPSA) is 80.3 Å². The number of rotatable bonds is 13. The van der Waals surface area contributed by atoms with Gasteiger partial charge in [0.15, 0.2) is 0 Å². The summed E-state index contributed by atoms with van der Waals surface area (Å²) in [5, 5.41) is 0. The molecular weight excluding hydrogens is 496 g/mol. The highest BCUT2D eigenvalue weighted by Crippen LogP contribution is 2.52. The largest absolute Gasteiger partial charge is 0.457 e. The predicted molar refractivity (Wildman–Crippen MR) is 148 cm³/mol. The van der Waals surface area contributed by atoms with Crippen LogP contribution in [0.5, 0.6) is 11.5 Å². The van der Waals surface area contributed by atoms with E-state index in [9.17, 15) is 9.59 Å². The Kier molecular flexibility index (Phi) is 9.81. The molecule has 210 valence electrons. The Morgan fingerprint density at radius 1 is 1.00 bits per heavy atom. The molecule has 4 rings (SSSR count). The average Bonchev–Trinajstić information content (AvgIpc) is 2.97. The molecule has 1 aliphatic carbocycles. The Morgan fingerprint density at radius 3 is 2.31 bits per heavy atom. The van der Waals surface area contributed by atoms with E-state index in [1.165, 1.54) is 24.8 Å². The second kappa shape index (κ2) is 13.3. The lowest BCUT2D eigenvalue weighted by Gasteiger charge is -2.59. The third kappa shape index (κ3) is 7.08. The van der Waals surface area contributed by atoms with Gasteiger partial charge in [-0.15, -0.1) is 0 Å². The summed E-state index contributed by atoms with van der Waals surface area (Å²) < 4.78 is 28.2. The van der Waals surface area contributed by atoms with Gasteiger partial charge in [0.2, 0.25) is 6.79 Å². The molecule has 0 bridgehead atoms. The standard InChI is InChI=1S/C32H40O7/c1-4-6-7-8-21-37-31(3)22-38-32(31)19-17-25(18-20-32)24-9-15-28(16-10-24)39-30(34)26-11-13-27(14-12-26)35-23-36-29(33)5-2/h5,9-16,25H,2,4,6-8,17-23H2,1,3H3. The van der Waals surface area contributed by atoms with Crippen LogP contribution in [0.2, 0.25) is 0 Å². The zero-order chi connectivity index (χ0) is 27.7. The summed E-state index contributed by atoms with van der Waals surface area (Å²) in [5.74, 6) is 0.397. The highest BCUT2D eigenvalue weighted by molar-refractivity contribution is 5.91. The fourth-order valence-corrected chi connectivity index (χ4v) is 5.45. The Bertz CT molecular complexity index is 1100. The van der Waals surface area contributed by atoms with Gasteiger partial charge < -0.3 is 23.7 Å². The fraction of sp³-hybridized carbons (Fsp3) is 0.500. The Balaban J connectivity index is 1.23. The van der Waals surface area contributed by atoms with Gasteiger partial charge in [0.1, 0.15) is 17.1 Å². The Hall–Kier alpha value is -3.16. The summed E-state index contributed by atoms with van der Waals surface area (Å²) >= 11 is 0. The zero-order valence-corrected chi connectivity index (χ0v) is 23.1. The summed E-state index contributed by atoms with van der Waals surface area (Å²) in [5.41, 5.74) is 1.32. The van der Waals surface area contributed by atoms with Crippen molar-refractivity contribution in [1.82, 2.24) is 0 Å². The molecule has 0 N–H and O–H groups in total. The van der Waals surface area contributed by atoms with Crippen LogP contribution in [0.15, 0.2) is 61.2 Å². The maximum absolute atomic E-state index is 12.6. The first kappa shape index (κ1) is 28.8. The van der Waals surface area contributed by atoms with E-state index in [1.54, 1.807) is 24.3 Å². The minimum Gasteiger partial charge on any atom is -0.457 e. The van der Waals surface area contributed by atoms with Crippen LogP contribution in [0, 0.1) is 0 Å². The molecule has 1 heterocycles. The second-order valence-electron chi connectivity index (χ2n) is 10.6. The molecule has 0 radical (unpaired) electrons. The number of hydrogen-bond donors (Lipinski definition) is 0. The van der Waals surface area contributed by atoms with Crippen LogP contribution in [-0.4, -0.2) is 43.1 Å². The lowest BCUT2D eigenvalue weighted by molar-refractivity contribution is -0.324. The van der Waals surface area contributed by atoms with Crippen LogP contribution in [-0.2, 0) is 19.0 Å². The molecule has 1 atom stereocenters. The minimum absolute atomic E-state index is 0.152. The van der Waals surface area contributed by atoms with Crippen molar-refractivity contribution in [2.75, 3.05) is 20.0 Å². The first-order valence-electron chi connectivity index (χ1n) is 14.0. The molecule has 1 saturated carbocycles. The van der Waals surface area contributed by atoms with Gasteiger partial charge >= 0.3 is 11.9 Å². The quantitative estimate of drug-likeness (QED) is 0.0920. The van der Waals surface area contributed by atoms with Gasteiger partial charge in [-0.2, -0.15) is 0 Å². The maximum Gasteiger partial charge on any atom is 0.343 e. The van der Waals surface area contributed by atoms with Gasteiger partial charge in [0.05, 0.1) is 17.8 Å². The van der Waals surface area contributed by atoms with Crippen molar-refractivity contribution in [2.45, 2.75) is 82.3 Å². The average molecular weight is 537 g/mol. The summed E-state index contributed by atoms with van der Waals surface area (Å²) in [4.78, 5) is 23.6.